The first-order valence-corrected chi connectivity index (χ1v) is 13.5. The number of amidine groups is 2. The maximum atomic E-state index is 12.0. The third kappa shape index (κ3) is 8.65. The van der Waals surface area contributed by atoms with Crippen molar-refractivity contribution in [3.05, 3.63) is 77.4 Å². The molecule has 11 heteroatoms. The number of aldehydes is 1. The molecule has 0 spiro atoms. The summed E-state index contributed by atoms with van der Waals surface area (Å²) in [6.45, 7) is 7.37. The molecule has 2 atom stereocenters. The first-order chi connectivity index (χ1) is 20.8. The first kappa shape index (κ1) is 32.3. The highest BCUT2D eigenvalue weighted by atomic mass is 16.6. The second-order valence-corrected chi connectivity index (χ2v) is 9.18. The molecule has 3 rings (SSSR count). The monoisotopic (exact) mass is 589 g/mol. The molecule has 0 aliphatic rings. The number of rotatable bonds is 13. The SMILES string of the molecule is C=NC(=NC(=NCc1ccc(OC)cc1)c1ccc(OC(CC)C(=O)OC)cc1O)c1ccc(OC(C=O)CC)cc1O. The lowest BCUT2D eigenvalue weighted by atomic mass is 10.1. The zero-order valence-electron chi connectivity index (χ0n) is 24.5. The van der Waals surface area contributed by atoms with Crippen LogP contribution in [0.2, 0.25) is 0 Å². The smallest absolute Gasteiger partial charge is 0.347 e. The molecule has 226 valence electrons. The standard InChI is InChI=1S/C32H35N3O8/c1-6-21(19-36)42-23-12-14-25(27(37)16-23)30(33-3)35-31(34-18-20-8-10-22(40-4)11-9-20)26-15-13-24(17-28(26)38)43-29(7-2)32(39)41-5/h8-17,19,21,29,37-38H,3,6-7,18H2,1-2,4-5H3. The van der Waals surface area contributed by atoms with Gasteiger partial charge in [0.25, 0.3) is 0 Å². The molecule has 0 saturated heterocycles. The predicted molar refractivity (Wildman–Crippen MR) is 163 cm³/mol. The molecule has 43 heavy (non-hydrogen) atoms. The molecule has 2 N–H and O–H groups in total. The Hall–Kier alpha value is -5.19. The minimum Gasteiger partial charge on any atom is -0.507 e. The summed E-state index contributed by atoms with van der Waals surface area (Å²) >= 11 is 0. The van der Waals surface area contributed by atoms with Crippen LogP contribution < -0.4 is 14.2 Å². The van der Waals surface area contributed by atoms with Crippen molar-refractivity contribution in [1.82, 2.24) is 0 Å². The van der Waals surface area contributed by atoms with Gasteiger partial charge in [0.2, 0.25) is 0 Å². The summed E-state index contributed by atoms with van der Waals surface area (Å²) in [7, 11) is 2.85. The third-order valence-electron chi connectivity index (χ3n) is 6.31. The zero-order chi connectivity index (χ0) is 31.4. The molecule has 0 aliphatic heterocycles. The van der Waals surface area contributed by atoms with E-state index in [1.54, 1.807) is 44.4 Å². The summed E-state index contributed by atoms with van der Waals surface area (Å²) in [6.07, 6.45) is 0.0277. The van der Waals surface area contributed by atoms with Gasteiger partial charge in [-0.3, -0.25) is 9.79 Å². The number of hydrogen-bond donors (Lipinski definition) is 2. The number of aliphatic imine (C=N–C) groups is 3. The molecular formula is C32H35N3O8. The van der Waals surface area contributed by atoms with Gasteiger partial charge < -0.3 is 29.2 Å². The number of esters is 1. The number of benzene rings is 3. The number of aromatic hydroxyl groups is 2. The topological polar surface area (TPSA) is 149 Å². The highest BCUT2D eigenvalue weighted by Crippen LogP contribution is 2.29. The van der Waals surface area contributed by atoms with E-state index in [4.69, 9.17) is 18.9 Å². The molecule has 0 amide bonds. The predicted octanol–water partition coefficient (Wildman–Crippen LogP) is 4.89. The van der Waals surface area contributed by atoms with Crippen molar-refractivity contribution in [3.63, 3.8) is 0 Å². The Balaban J connectivity index is 2.04. The van der Waals surface area contributed by atoms with Gasteiger partial charge in [-0.1, -0.05) is 26.0 Å². The molecule has 2 unspecified atom stereocenters. The van der Waals surface area contributed by atoms with E-state index < -0.39 is 18.2 Å². The lowest BCUT2D eigenvalue weighted by Gasteiger charge is -2.16. The van der Waals surface area contributed by atoms with Crippen LogP contribution in [0.15, 0.2) is 75.6 Å². The van der Waals surface area contributed by atoms with Crippen molar-refractivity contribution in [1.29, 1.82) is 0 Å². The number of phenols is 2. The van der Waals surface area contributed by atoms with Gasteiger partial charge in [-0.2, -0.15) is 0 Å². The van der Waals surface area contributed by atoms with Crippen LogP contribution in [0.3, 0.4) is 0 Å². The fourth-order valence-corrected chi connectivity index (χ4v) is 3.88. The average molecular weight is 590 g/mol. The number of methoxy groups -OCH3 is 2. The Bertz CT molecular complexity index is 1480. The van der Waals surface area contributed by atoms with Gasteiger partial charge in [-0.15, -0.1) is 0 Å². The Morgan fingerprint density at radius 3 is 1.93 bits per heavy atom. The maximum Gasteiger partial charge on any atom is 0.347 e. The fourth-order valence-electron chi connectivity index (χ4n) is 3.88. The maximum absolute atomic E-state index is 12.0. The molecule has 0 bridgehead atoms. The van der Waals surface area contributed by atoms with E-state index in [0.717, 1.165) is 5.56 Å². The number of phenolic OH excluding ortho intramolecular Hbond substituents is 2. The van der Waals surface area contributed by atoms with Crippen LogP contribution in [0.25, 0.3) is 0 Å². The largest absolute Gasteiger partial charge is 0.507 e. The second-order valence-electron chi connectivity index (χ2n) is 9.18. The van der Waals surface area contributed by atoms with E-state index in [1.807, 2.05) is 19.1 Å². The molecule has 0 fully saturated rings. The number of ether oxygens (including phenoxy) is 4. The molecule has 0 heterocycles. The van der Waals surface area contributed by atoms with Crippen LogP contribution in [0.4, 0.5) is 0 Å². The minimum atomic E-state index is -0.845. The third-order valence-corrected chi connectivity index (χ3v) is 6.31. The van der Waals surface area contributed by atoms with Gasteiger partial charge in [0.05, 0.1) is 31.9 Å². The van der Waals surface area contributed by atoms with E-state index in [0.29, 0.717) is 30.6 Å². The molecular weight excluding hydrogens is 554 g/mol. The molecule has 3 aromatic carbocycles. The summed E-state index contributed by atoms with van der Waals surface area (Å²) in [6, 6.07) is 16.2. The van der Waals surface area contributed by atoms with E-state index in [-0.39, 0.29) is 46.6 Å². The highest BCUT2D eigenvalue weighted by molar-refractivity contribution is 6.14. The van der Waals surface area contributed by atoms with E-state index >= 15 is 0 Å². The van der Waals surface area contributed by atoms with E-state index in [1.165, 1.54) is 25.3 Å². The first-order valence-electron chi connectivity index (χ1n) is 13.5. The van der Waals surface area contributed by atoms with Crippen LogP contribution in [-0.4, -0.2) is 67.3 Å². The van der Waals surface area contributed by atoms with Crippen molar-refractivity contribution >= 4 is 30.6 Å². The molecule has 3 aromatic rings. The van der Waals surface area contributed by atoms with Crippen molar-refractivity contribution in [2.75, 3.05) is 14.2 Å². The zero-order valence-corrected chi connectivity index (χ0v) is 24.5. The molecule has 0 aromatic heterocycles. The molecule has 0 radical (unpaired) electrons. The van der Waals surface area contributed by atoms with E-state index in [2.05, 4.69) is 21.7 Å². The van der Waals surface area contributed by atoms with Crippen LogP contribution in [0.5, 0.6) is 28.7 Å². The number of carbonyl (C=O) groups is 2. The van der Waals surface area contributed by atoms with Crippen molar-refractivity contribution < 1.29 is 38.7 Å². The van der Waals surface area contributed by atoms with Gasteiger partial charge in [0.15, 0.2) is 30.2 Å². The summed E-state index contributed by atoms with van der Waals surface area (Å²) in [5.74, 6) is 0.384. The summed E-state index contributed by atoms with van der Waals surface area (Å²) in [4.78, 5) is 36.3. The summed E-state index contributed by atoms with van der Waals surface area (Å²) < 4.78 is 21.3. The Morgan fingerprint density at radius 2 is 1.44 bits per heavy atom. The van der Waals surface area contributed by atoms with Crippen LogP contribution in [0.1, 0.15) is 43.4 Å². The Labute approximate surface area is 250 Å². The van der Waals surface area contributed by atoms with Crippen molar-refractivity contribution in [2.45, 2.75) is 45.4 Å². The normalized spacial score (nSPS) is 13.0. The lowest BCUT2D eigenvalue weighted by molar-refractivity contribution is -0.148. The van der Waals surface area contributed by atoms with Crippen molar-refractivity contribution in [2.24, 2.45) is 15.0 Å². The van der Waals surface area contributed by atoms with Crippen LogP contribution in [-0.2, 0) is 20.9 Å². The molecule has 11 nitrogen and oxygen atoms in total. The Kier molecular flexibility index (Phi) is 11.8. The molecule has 0 saturated carbocycles. The van der Waals surface area contributed by atoms with Crippen LogP contribution in [0, 0.1) is 0 Å². The van der Waals surface area contributed by atoms with Crippen molar-refractivity contribution in [3.8, 4) is 28.7 Å². The quantitative estimate of drug-likeness (QED) is 0.124. The minimum absolute atomic E-state index is 0.0245. The van der Waals surface area contributed by atoms with Gasteiger partial charge in [0, 0.05) is 12.1 Å². The van der Waals surface area contributed by atoms with Gasteiger partial charge in [-0.25, -0.2) is 14.8 Å². The number of hydrogen-bond acceptors (Lipinski definition) is 9. The number of carbonyl (C=O) groups excluding carboxylic acids is 2. The molecule has 0 aliphatic carbocycles. The van der Waals surface area contributed by atoms with Gasteiger partial charge in [0.1, 0.15) is 28.7 Å². The number of nitrogens with zero attached hydrogens (tertiary/aromatic N) is 3. The fraction of sp³-hybridized carbons (Fsp3) is 0.281. The van der Waals surface area contributed by atoms with Crippen LogP contribution >= 0.6 is 0 Å². The lowest BCUT2D eigenvalue weighted by Crippen LogP contribution is -2.27. The highest BCUT2D eigenvalue weighted by Gasteiger charge is 2.20. The van der Waals surface area contributed by atoms with Gasteiger partial charge >= 0.3 is 5.97 Å². The van der Waals surface area contributed by atoms with E-state index in [9.17, 15) is 19.8 Å². The Morgan fingerprint density at radius 1 is 0.860 bits per heavy atom. The average Bonchev–Trinajstić information content (AvgIpc) is 3.03. The summed E-state index contributed by atoms with van der Waals surface area (Å²) in [5.41, 5.74) is 1.31. The summed E-state index contributed by atoms with van der Waals surface area (Å²) in [5, 5.41) is 21.7. The van der Waals surface area contributed by atoms with Gasteiger partial charge in [-0.05, 0) is 61.5 Å². The second kappa shape index (κ2) is 15.7.